The molecule has 0 spiro atoms. The fraction of sp³-hybridized carbons (Fsp3) is 0.381. The maximum Gasteiger partial charge on any atom is 0.290 e. The molecule has 3 rings (SSSR count). The van der Waals surface area contributed by atoms with Crippen LogP contribution in [0, 0.1) is 0 Å². The first-order valence-corrected chi connectivity index (χ1v) is 9.45. The molecule has 1 amide bonds. The van der Waals surface area contributed by atoms with Crippen molar-refractivity contribution < 1.29 is 13.9 Å². The van der Waals surface area contributed by atoms with E-state index in [2.05, 4.69) is 0 Å². The number of amides is 1. The molecule has 0 N–H and O–H groups in total. The minimum Gasteiger partial charge on any atom is -0.459 e. The summed E-state index contributed by atoms with van der Waals surface area (Å²) in [5.41, 5.74) is 0.494. The van der Waals surface area contributed by atoms with E-state index in [1.807, 2.05) is 32.0 Å². The van der Waals surface area contributed by atoms with E-state index in [-0.39, 0.29) is 23.3 Å². The molecule has 0 radical (unpaired) electrons. The molecule has 3 aromatic rings. The number of benzene rings is 1. The van der Waals surface area contributed by atoms with Crippen LogP contribution in [-0.4, -0.2) is 40.6 Å². The second kappa shape index (κ2) is 8.84. The fourth-order valence-electron chi connectivity index (χ4n) is 3.43. The topological polar surface area (TPSA) is 77.6 Å². The van der Waals surface area contributed by atoms with Gasteiger partial charge in [0, 0.05) is 13.7 Å². The zero-order chi connectivity index (χ0) is 20.1. The molecule has 1 aromatic carbocycles. The molecule has 7 nitrogen and oxygen atoms in total. The summed E-state index contributed by atoms with van der Waals surface area (Å²) in [5.74, 6) is 0.608. The third-order valence-corrected chi connectivity index (χ3v) is 4.80. The first-order valence-electron chi connectivity index (χ1n) is 9.45. The van der Waals surface area contributed by atoms with Crippen molar-refractivity contribution in [3.05, 3.63) is 64.6 Å². The lowest BCUT2D eigenvalue weighted by Gasteiger charge is -2.30. The minimum atomic E-state index is -0.364. The molecule has 1 unspecified atom stereocenters. The van der Waals surface area contributed by atoms with E-state index in [1.54, 1.807) is 34.8 Å². The molecular formula is C21H25N3O4. The average molecular weight is 383 g/mol. The van der Waals surface area contributed by atoms with Gasteiger partial charge in [-0.25, -0.2) is 4.98 Å². The lowest BCUT2D eigenvalue weighted by atomic mass is 10.1. The smallest absolute Gasteiger partial charge is 0.290 e. The van der Waals surface area contributed by atoms with Crippen LogP contribution >= 0.6 is 0 Å². The van der Waals surface area contributed by atoms with Crippen LogP contribution in [0.2, 0.25) is 0 Å². The van der Waals surface area contributed by atoms with Crippen molar-refractivity contribution in [3.63, 3.8) is 0 Å². The standard InChI is InChI=1S/C21H25N3O4/c1-4-17(23(5-2)21(26)18-11-8-13-28-18)19-22-16-10-7-6-9-15(16)20(25)24(19)12-14-27-3/h6-11,13,17H,4-5,12,14H2,1-3H3. The van der Waals surface area contributed by atoms with E-state index in [1.165, 1.54) is 6.26 Å². The molecule has 28 heavy (non-hydrogen) atoms. The van der Waals surface area contributed by atoms with Gasteiger partial charge in [-0.05, 0) is 37.6 Å². The zero-order valence-corrected chi connectivity index (χ0v) is 16.4. The Morgan fingerprint density at radius 1 is 1.25 bits per heavy atom. The normalized spacial score (nSPS) is 12.2. The van der Waals surface area contributed by atoms with Gasteiger partial charge in [0.15, 0.2) is 5.76 Å². The Morgan fingerprint density at radius 2 is 2.04 bits per heavy atom. The summed E-state index contributed by atoms with van der Waals surface area (Å²) in [6.45, 7) is 5.09. The molecule has 2 heterocycles. The highest BCUT2D eigenvalue weighted by atomic mass is 16.5. The first kappa shape index (κ1) is 19.8. The number of ether oxygens (including phenoxy) is 1. The highest BCUT2D eigenvalue weighted by Crippen LogP contribution is 2.25. The van der Waals surface area contributed by atoms with Crippen LogP contribution in [0.4, 0.5) is 0 Å². The van der Waals surface area contributed by atoms with Crippen LogP contribution in [0.15, 0.2) is 51.9 Å². The van der Waals surface area contributed by atoms with Crippen molar-refractivity contribution in [2.24, 2.45) is 0 Å². The molecule has 2 aromatic heterocycles. The Morgan fingerprint density at radius 3 is 2.68 bits per heavy atom. The van der Waals surface area contributed by atoms with E-state index in [0.29, 0.717) is 42.8 Å². The Balaban J connectivity index is 2.14. The third kappa shape index (κ3) is 3.71. The maximum atomic E-state index is 13.1. The van der Waals surface area contributed by atoms with Gasteiger partial charge in [0.25, 0.3) is 11.5 Å². The average Bonchev–Trinajstić information content (AvgIpc) is 3.26. The SMILES string of the molecule is CCC(c1nc2ccccc2c(=O)n1CCOC)N(CC)C(=O)c1ccco1. The van der Waals surface area contributed by atoms with Crippen LogP contribution in [0.1, 0.15) is 42.7 Å². The van der Waals surface area contributed by atoms with Crippen molar-refractivity contribution in [2.45, 2.75) is 32.9 Å². The van der Waals surface area contributed by atoms with Crippen molar-refractivity contribution >= 4 is 16.8 Å². The molecular weight excluding hydrogens is 358 g/mol. The monoisotopic (exact) mass is 383 g/mol. The maximum absolute atomic E-state index is 13.1. The van der Waals surface area contributed by atoms with Crippen LogP contribution in [0.5, 0.6) is 0 Å². The quantitative estimate of drug-likeness (QED) is 0.597. The largest absolute Gasteiger partial charge is 0.459 e. The Labute approximate surface area is 163 Å². The summed E-state index contributed by atoms with van der Waals surface area (Å²) >= 11 is 0. The number of methoxy groups -OCH3 is 1. The fourth-order valence-corrected chi connectivity index (χ4v) is 3.43. The van der Waals surface area contributed by atoms with E-state index in [9.17, 15) is 9.59 Å². The minimum absolute atomic E-state index is 0.127. The molecule has 0 bridgehead atoms. The summed E-state index contributed by atoms with van der Waals surface area (Å²) in [6.07, 6.45) is 2.09. The predicted molar refractivity (Wildman–Crippen MR) is 106 cm³/mol. The summed E-state index contributed by atoms with van der Waals surface area (Å²) in [5, 5.41) is 0.553. The van der Waals surface area contributed by atoms with Crippen LogP contribution in [0.25, 0.3) is 10.9 Å². The zero-order valence-electron chi connectivity index (χ0n) is 16.4. The van der Waals surface area contributed by atoms with E-state index >= 15 is 0 Å². The van der Waals surface area contributed by atoms with Crippen molar-refractivity contribution in [3.8, 4) is 0 Å². The Bertz CT molecular complexity index is 995. The first-order chi connectivity index (χ1) is 13.6. The van der Waals surface area contributed by atoms with Gasteiger partial charge in [-0.15, -0.1) is 0 Å². The number of nitrogens with zero attached hydrogens (tertiary/aromatic N) is 3. The second-order valence-corrected chi connectivity index (χ2v) is 6.43. The molecule has 0 aliphatic carbocycles. The van der Waals surface area contributed by atoms with E-state index in [0.717, 1.165) is 0 Å². The molecule has 0 saturated carbocycles. The molecule has 1 atom stereocenters. The number of hydrogen-bond acceptors (Lipinski definition) is 5. The van der Waals surface area contributed by atoms with Crippen molar-refractivity contribution in [1.29, 1.82) is 0 Å². The van der Waals surface area contributed by atoms with Gasteiger partial charge in [-0.2, -0.15) is 0 Å². The van der Waals surface area contributed by atoms with Crippen LogP contribution in [-0.2, 0) is 11.3 Å². The number of carbonyl (C=O) groups excluding carboxylic acids is 1. The number of fused-ring (bicyclic) bond motifs is 1. The lowest BCUT2D eigenvalue weighted by Crippen LogP contribution is -2.39. The molecule has 0 saturated heterocycles. The Hall–Kier alpha value is -2.93. The predicted octanol–water partition coefficient (Wildman–Crippen LogP) is 3.25. The molecule has 0 fully saturated rings. The Kier molecular flexibility index (Phi) is 6.26. The number of carbonyl (C=O) groups is 1. The van der Waals surface area contributed by atoms with E-state index < -0.39 is 0 Å². The van der Waals surface area contributed by atoms with Gasteiger partial charge in [-0.3, -0.25) is 14.2 Å². The summed E-state index contributed by atoms with van der Waals surface area (Å²) in [7, 11) is 1.59. The molecule has 7 heteroatoms. The van der Waals surface area contributed by atoms with E-state index in [4.69, 9.17) is 14.1 Å². The van der Waals surface area contributed by atoms with Crippen LogP contribution in [0.3, 0.4) is 0 Å². The highest BCUT2D eigenvalue weighted by Gasteiger charge is 2.29. The summed E-state index contributed by atoms with van der Waals surface area (Å²) in [4.78, 5) is 32.6. The third-order valence-electron chi connectivity index (χ3n) is 4.80. The summed E-state index contributed by atoms with van der Waals surface area (Å²) in [6, 6.07) is 10.2. The van der Waals surface area contributed by atoms with Gasteiger partial charge in [-0.1, -0.05) is 19.1 Å². The van der Waals surface area contributed by atoms with Gasteiger partial charge >= 0.3 is 0 Å². The van der Waals surface area contributed by atoms with Gasteiger partial charge < -0.3 is 14.1 Å². The number of rotatable bonds is 8. The van der Waals surface area contributed by atoms with Crippen molar-refractivity contribution in [2.75, 3.05) is 20.3 Å². The second-order valence-electron chi connectivity index (χ2n) is 6.43. The number of hydrogen-bond donors (Lipinski definition) is 0. The van der Waals surface area contributed by atoms with Crippen molar-refractivity contribution in [1.82, 2.24) is 14.5 Å². The van der Waals surface area contributed by atoms with Crippen LogP contribution < -0.4 is 5.56 Å². The number of furan rings is 1. The van der Waals surface area contributed by atoms with Gasteiger partial charge in [0.1, 0.15) is 5.82 Å². The molecule has 0 aliphatic heterocycles. The number of para-hydroxylation sites is 1. The summed E-state index contributed by atoms with van der Waals surface area (Å²) < 4.78 is 12.1. The number of aromatic nitrogens is 2. The molecule has 148 valence electrons. The van der Waals surface area contributed by atoms with Gasteiger partial charge in [0.2, 0.25) is 0 Å². The highest BCUT2D eigenvalue weighted by molar-refractivity contribution is 5.91. The molecule has 0 aliphatic rings. The lowest BCUT2D eigenvalue weighted by molar-refractivity contribution is 0.0635. The van der Waals surface area contributed by atoms with Gasteiger partial charge in [0.05, 0.1) is 36.4 Å².